The molecule has 4 aromatic carbocycles. The van der Waals surface area contributed by atoms with Gasteiger partial charge in [-0.2, -0.15) is 0 Å². The lowest BCUT2D eigenvalue weighted by Gasteiger charge is -2.48. The topological polar surface area (TPSA) is 91.8 Å². The predicted molar refractivity (Wildman–Crippen MR) is 243 cm³/mol. The van der Waals surface area contributed by atoms with Crippen molar-refractivity contribution in [3.8, 4) is 0 Å². The average molecular weight is 805 g/mol. The van der Waals surface area contributed by atoms with Crippen LogP contribution in [-0.2, 0) is 21.7 Å². The van der Waals surface area contributed by atoms with Crippen molar-refractivity contribution in [1.82, 2.24) is 0 Å². The first kappa shape index (κ1) is 42.7. The molecular formula is C53H60N2O5. The van der Waals surface area contributed by atoms with Crippen LogP contribution in [0.1, 0.15) is 175 Å². The Morgan fingerprint density at radius 3 is 1.13 bits per heavy atom. The molecule has 0 saturated heterocycles. The van der Waals surface area contributed by atoms with Crippen LogP contribution in [0, 0.1) is 0 Å². The summed E-state index contributed by atoms with van der Waals surface area (Å²) in [6, 6.07) is 22.7. The molecule has 7 nitrogen and oxygen atoms in total. The van der Waals surface area contributed by atoms with Gasteiger partial charge in [-0.25, -0.2) is 0 Å². The number of allylic oxidation sites excluding steroid dienone is 1. The van der Waals surface area contributed by atoms with E-state index in [1.165, 1.54) is 46.5 Å². The summed E-state index contributed by atoms with van der Waals surface area (Å²) in [5.41, 5.74) is 13.0. The smallest absolute Gasteiger partial charge is 0.197 e. The number of hydrogen-bond donors (Lipinski definition) is 0. The van der Waals surface area contributed by atoms with Gasteiger partial charge in [0.25, 0.3) is 0 Å². The zero-order valence-electron chi connectivity index (χ0n) is 35.9. The van der Waals surface area contributed by atoms with Crippen molar-refractivity contribution in [2.24, 2.45) is 0 Å². The van der Waals surface area contributed by atoms with Gasteiger partial charge < -0.3 is 9.80 Å². The molecule has 4 heterocycles. The molecule has 0 atom stereocenters. The second-order valence-electron chi connectivity index (χ2n) is 19.9. The molecule has 0 aromatic heterocycles. The van der Waals surface area contributed by atoms with Crippen LogP contribution in [0.5, 0.6) is 0 Å². The van der Waals surface area contributed by atoms with Gasteiger partial charge in [0.15, 0.2) is 23.1 Å². The third kappa shape index (κ3) is 7.28. The van der Waals surface area contributed by atoms with Crippen molar-refractivity contribution in [3.05, 3.63) is 134 Å². The van der Waals surface area contributed by atoms with Gasteiger partial charge in [-0.15, -0.1) is 0 Å². The number of ketones is 4. The van der Waals surface area contributed by atoms with Gasteiger partial charge in [0, 0.05) is 65.4 Å². The standard InChI is InChI=1S/C26H27NO2.C17H23NO.C9H6O2.CH4/c1-25(2)9-11-27-12-10-26(3,4)21-15-16(14-20(25)22(21)27)13-19-23(28)17-7-5-6-8-18(17)24(19)29;1-16(2)5-7-18-8-6-17(3,4)14-10-12(11-19)9-13(16)15(14)18;10-8-5-9(11)7-4-2-1-3-6(7)8;/h5-8,13-15H,9-12H2,1-4H3;9-11H,5-8H2,1-4H3;1-4H,5H2;1H4. The van der Waals surface area contributed by atoms with Crippen molar-refractivity contribution in [2.75, 3.05) is 36.0 Å². The highest BCUT2D eigenvalue weighted by atomic mass is 16.2. The molecular weight excluding hydrogens is 745 g/mol. The summed E-state index contributed by atoms with van der Waals surface area (Å²) >= 11 is 0. The monoisotopic (exact) mass is 804 g/mol. The van der Waals surface area contributed by atoms with E-state index in [4.69, 9.17) is 0 Å². The summed E-state index contributed by atoms with van der Waals surface area (Å²) in [5.74, 6) is -0.412. The van der Waals surface area contributed by atoms with E-state index in [1.807, 2.05) is 18.2 Å². The summed E-state index contributed by atoms with van der Waals surface area (Å²) in [6.07, 6.45) is 7.44. The number of fused-ring (bicyclic) bond motifs is 2. The number of nitrogens with zero attached hydrogens (tertiary/aromatic N) is 2. The van der Waals surface area contributed by atoms with Crippen LogP contribution in [0.4, 0.5) is 11.4 Å². The number of carbonyl (C=O) groups excluding carboxylic acids is 5. The van der Waals surface area contributed by atoms with E-state index in [-0.39, 0.29) is 64.2 Å². The summed E-state index contributed by atoms with van der Waals surface area (Å²) < 4.78 is 0. The maximum absolute atomic E-state index is 12.9. The second kappa shape index (κ2) is 15.2. The molecule has 312 valence electrons. The molecule has 0 radical (unpaired) electrons. The van der Waals surface area contributed by atoms with Crippen LogP contribution < -0.4 is 9.80 Å². The number of hydrogen-bond acceptors (Lipinski definition) is 7. The van der Waals surface area contributed by atoms with Crippen molar-refractivity contribution >= 4 is 46.9 Å². The molecule has 0 saturated carbocycles. The molecule has 0 spiro atoms. The molecule has 6 aliphatic rings. The Hall–Kier alpha value is -5.43. The molecule has 0 fully saturated rings. The zero-order chi connectivity index (χ0) is 42.2. The van der Waals surface area contributed by atoms with E-state index >= 15 is 0 Å². The lowest BCUT2D eigenvalue weighted by molar-refractivity contribution is 0.0919. The van der Waals surface area contributed by atoms with Gasteiger partial charge in [0.1, 0.15) is 6.29 Å². The van der Waals surface area contributed by atoms with Crippen molar-refractivity contribution < 1.29 is 24.0 Å². The molecule has 0 N–H and O–H groups in total. The van der Waals surface area contributed by atoms with E-state index in [2.05, 4.69) is 89.5 Å². The number of rotatable bonds is 2. The van der Waals surface area contributed by atoms with E-state index < -0.39 is 0 Å². The number of carbonyl (C=O) groups is 5. The molecule has 4 aliphatic heterocycles. The maximum atomic E-state index is 12.9. The lowest BCUT2D eigenvalue weighted by atomic mass is 9.69. The van der Waals surface area contributed by atoms with E-state index in [0.29, 0.717) is 22.3 Å². The molecule has 7 heteroatoms. The van der Waals surface area contributed by atoms with Crippen LogP contribution in [0.25, 0.3) is 6.08 Å². The van der Waals surface area contributed by atoms with Gasteiger partial charge in [-0.3, -0.25) is 24.0 Å². The van der Waals surface area contributed by atoms with E-state index in [1.54, 1.807) is 36.4 Å². The fourth-order valence-electron chi connectivity index (χ4n) is 9.95. The minimum Gasteiger partial charge on any atom is -0.371 e. The Bertz CT molecular complexity index is 2350. The largest absolute Gasteiger partial charge is 0.371 e. The van der Waals surface area contributed by atoms with Gasteiger partial charge in [-0.05, 0) is 106 Å². The van der Waals surface area contributed by atoms with Gasteiger partial charge in [-0.1, -0.05) is 111 Å². The summed E-state index contributed by atoms with van der Waals surface area (Å²) in [4.78, 5) is 64.2. The first-order valence-corrected chi connectivity index (χ1v) is 21.2. The Morgan fingerprint density at radius 2 is 0.800 bits per heavy atom. The third-order valence-electron chi connectivity index (χ3n) is 14.0. The zero-order valence-corrected chi connectivity index (χ0v) is 35.9. The Labute approximate surface area is 356 Å². The quantitative estimate of drug-likeness (QED) is 0.0862. The molecule has 0 unspecified atom stereocenters. The van der Waals surface area contributed by atoms with Gasteiger partial charge in [0.05, 0.1) is 12.0 Å². The summed E-state index contributed by atoms with van der Waals surface area (Å²) in [7, 11) is 0. The van der Waals surface area contributed by atoms with Crippen LogP contribution in [0.15, 0.2) is 78.4 Å². The van der Waals surface area contributed by atoms with Crippen LogP contribution in [0.3, 0.4) is 0 Å². The molecule has 2 aliphatic carbocycles. The fourth-order valence-corrected chi connectivity index (χ4v) is 9.95. The second-order valence-corrected chi connectivity index (χ2v) is 19.9. The highest BCUT2D eigenvalue weighted by Crippen LogP contribution is 2.51. The Balaban J connectivity index is 0.000000150. The number of aldehydes is 1. The van der Waals surface area contributed by atoms with E-state index in [0.717, 1.165) is 56.4 Å². The average Bonchev–Trinajstić information content (AvgIpc) is 3.63. The molecule has 10 rings (SSSR count). The van der Waals surface area contributed by atoms with Crippen molar-refractivity contribution in [2.45, 2.75) is 117 Å². The van der Waals surface area contributed by atoms with Crippen molar-refractivity contribution in [1.29, 1.82) is 0 Å². The maximum Gasteiger partial charge on any atom is 0.197 e. The Kier molecular flexibility index (Phi) is 10.8. The normalized spacial score (nSPS) is 20.2. The highest BCUT2D eigenvalue weighted by molar-refractivity contribution is 6.41. The van der Waals surface area contributed by atoms with Crippen LogP contribution >= 0.6 is 0 Å². The first-order valence-electron chi connectivity index (χ1n) is 21.2. The number of Topliss-reactive ketones (excluding diaryl/α,β-unsaturated/α-hetero) is 4. The first-order chi connectivity index (χ1) is 27.8. The van der Waals surface area contributed by atoms with Crippen LogP contribution in [-0.4, -0.2) is 55.6 Å². The SMILES string of the molecule is C.CC1(C)CCN2CCC(C)(C)c3cc(C=C4C(=O)c5ccccc5C4=O)cc1c32.CC1(C)CCN2CCC(C)(C)c3cc(C=O)cc1c32.O=C1CC(=O)c2ccccc21. The summed E-state index contributed by atoms with van der Waals surface area (Å²) in [6.45, 7) is 22.9. The highest BCUT2D eigenvalue weighted by Gasteiger charge is 2.42. The van der Waals surface area contributed by atoms with Crippen molar-refractivity contribution in [3.63, 3.8) is 0 Å². The predicted octanol–water partition coefficient (Wildman–Crippen LogP) is 11.1. The minimum absolute atomic E-state index is 0. The van der Waals surface area contributed by atoms with E-state index in [9.17, 15) is 24.0 Å². The molecule has 0 amide bonds. The van der Waals surface area contributed by atoms with Gasteiger partial charge >= 0.3 is 0 Å². The molecule has 60 heavy (non-hydrogen) atoms. The fraction of sp³-hybridized carbons (Fsp3) is 0.415. The summed E-state index contributed by atoms with van der Waals surface area (Å²) in [5, 5.41) is 0. The minimum atomic E-state index is -0.155. The van der Waals surface area contributed by atoms with Gasteiger partial charge in [0.2, 0.25) is 0 Å². The van der Waals surface area contributed by atoms with Crippen LogP contribution in [0.2, 0.25) is 0 Å². The molecule has 4 aromatic rings. The Morgan fingerprint density at radius 1 is 0.483 bits per heavy atom. The third-order valence-corrected chi connectivity index (χ3v) is 14.0. The number of anilines is 2. The number of benzene rings is 4. The lowest BCUT2D eigenvalue weighted by Crippen LogP contribution is -2.44. The molecule has 0 bridgehead atoms.